The molecule has 0 aliphatic rings. The van der Waals surface area contributed by atoms with Gasteiger partial charge in [0.1, 0.15) is 5.78 Å². The molecule has 0 atom stereocenters. The molecule has 0 spiro atoms. The number of hydrogen-bond acceptors (Lipinski definition) is 3. The van der Waals surface area contributed by atoms with Crippen molar-refractivity contribution in [3.05, 3.63) is 15.6 Å². The number of Topliss-reactive ketones (excluding diaryl/α,β-unsaturated/α-hetero) is 1. The van der Waals surface area contributed by atoms with Crippen LogP contribution in [0.15, 0.2) is 0 Å². The first-order valence-electron chi connectivity index (χ1n) is 4.46. The summed E-state index contributed by atoms with van der Waals surface area (Å²) in [4.78, 5) is 16.9. The summed E-state index contributed by atoms with van der Waals surface area (Å²) in [5.74, 6) is 0.384. The van der Waals surface area contributed by atoms with Crippen LogP contribution in [0.1, 0.15) is 29.4 Å². The van der Waals surface area contributed by atoms with E-state index in [1.165, 1.54) is 4.88 Å². The second-order valence-corrected chi connectivity index (χ2v) is 4.94. The maximum Gasteiger partial charge on any atom is 0.141 e. The van der Waals surface area contributed by atoms with Gasteiger partial charge in [-0.1, -0.05) is 13.8 Å². The summed E-state index contributed by atoms with van der Waals surface area (Å²) >= 11 is 1.66. The Morgan fingerprint density at radius 3 is 2.46 bits per heavy atom. The normalized spacial score (nSPS) is 10.8. The standard InChI is InChI=1S/C10H15NOS/c1-6(2)10(12)5-9-7(3)13-8(4)11-9/h6H,5H2,1-4H3. The van der Waals surface area contributed by atoms with Gasteiger partial charge in [0.05, 0.1) is 17.1 Å². The minimum atomic E-state index is 0.112. The van der Waals surface area contributed by atoms with Gasteiger partial charge in [-0.2, -0.15) is 0 Å². The van der Waals surface area contributed by atoms with Crippen LogP contribution < -0.4 is 0 Å². The first-order chi connectivity index (χ1) is 6.00. The van der Waals surface area contributed by atoms with E-state index in [-0.39, 0.29) is 11.7 Å². The first kappa shape index (κ1) is 10.4. The quantitative estimate of drug-likeness (QED) is 0.745. The SMILES string of the molecule is Cc1nc(CC(=O)C(C)C)c(C)s1. The van der Waals surface area contributed by atoms with Crippen molar-refractivity contribution >= 4 is 17.1 Å². The molecule has 1 heterocycles. The van der Waals surface area contributed by atoms with Gasteiger partial charge in [0, 0.05) is 10.8 Å². The molecule has 1 aromatic rings. The summed E-state index contributed by atoms with van der Waals surface area (Å²) in [5, 5.41) is 1.05. The Labute approximate surface area is 83.0 Å². The predicted octanol–water partition coefficient (Wildman–Crippen LogP) is 2.53. The maximum absolute atomic E-state index is 11.4. The lowest BCUT2D eigenvalue weighted by Crippen LogP contribution is -2.11. The molecular weight excluding hydrogens is 182 g/mol. The summed E-state index contributed by atoms with van der Waals surface area (Å²) in [7, 11) is 0. The highest BCUT2D eigenvalue weighted by Crippen LogP contribution is 2.17. The monoisotopic (exact) mass is 197 g/mol. The molecule has 0 fully saturated rings. The van der Waals surface area contributed by atoms with Gasteiger partial charge >= 0.3 is 0 Å². The molecule has 3 heteroatoms. The van der Waals surface area contributed by atoms with Crippen molar-refractivity contribution in [2.24, 2.45) is 5.92 Å². The summed E-state index contributed by atoms with van der Waals surface area (Å²) in [6.07, 6.45) is 0.494. The van der Waals surface area contributed by atoms with E-state index in [0.717, 1.165) is 10.7 Å². The molecular formula is C10H15NOS. The van der Waals surface area contributed by atoms with Crippen LogP contribution in [0.4, 0.5) is 0 Å². The number of aryl methyl sites for hydroxylation is 2. The molecule has 0 saturated heterocycles. The number of aromatic nitrogens is 1. The fourth-order valence-corrected chi connectivity index (χ4v) is 1.94. The lowest BCUT2D eigenvalue weighted by atomic mass is 10.0. The molecule has 0 amide bonds. The Hall–Kier alpha value is -0.700. The Balaban J connectivity index is 2.74. The molecule has 1 aromatic heterocycles. The van der Waals surface area contributed by atoms with E-state index in [1.807, 2.05) is 27.7 Å². The fourth-order valence-electron chi connectivity index (χ4n) is 1.11. The number of thiazole rings is 1. The number of carbonyl (C=O) groups is 1. The molecule has 13 heavy (non-hydrogen) atoms. The van der Waals surface area contributed by atoms with Gasteiger partial charge in [-0.15, -0.1) is 11.3 Å². The van der Waals surface area contributed by atoms with Crippen molar-refractivity contribution in [1.82, 2.24) is 4.98 Å². The topological polar surface area (TPSA) is 30.0 Å². The number of nitrogens with zero attached hydrogens (tertiary/aromatic N) is 1. The van der Waals surface area contributed by atoms with Gasteiger partial charge in [0.2, 0.25) is 0 Å². The summed E-state index contributed by atoms with van der Waals surface area (Å²) in [5.41, 5.74) is 0.959. The third-order valence-corrected chi connectivity index (χ3v) is 2.91. The van der Waals surface area contributed by atoms with Gasteiger partial charge in [0.25, 0.3) is 0 Å². The molecule has 0 aliphatic carbocycles. The maximum atomic E-state index is 11.4. The largest absolute Gasteiger partial charge is 0.299 e. The Bertz CT molecular complexity index is 315. The highest BCUT2D eigenvalue weighted by molar-refractivity contribution is 7.11. The van der Waals surface area contributed by atoms with Crippen LogP contribution in [0.5, 0.6) is 0 Å². The average Bonchev–Trinajstić information content (AvgIpc) is 2.30. The van der Waals surface area contributed by atoms with Crippen LogP contribution in [-0.4, -0.2) is 10.8 Å². The molecule has 0 radical (unpaired) electrons. The van der Waals surface area contributed by atoms with E-state index in [1.54, 1.807) is 11.3 Å². The summed E-state index contributed by atoms with van der Waals surface area (Å²) in [6, 6.07) is 0. The molecule has 0 bridgehead atoms. The molecule has 0 saturated carbocycles. The van der Waals surface area contributed by atoms with Crippen LogP contribution in [-0.2, 0) is 11.2 Å². The van der Waals surface area contributed by atoms with E-state index in [4.69, 9.17) is 0 Å². The predicted molar refractivity (Wildman–Crippen MR) is 55.1 cm³/mol. The molecule has 0 unspecified atom stereocenters. The number of carbonyl (C=O) groups excluding carboxylic acids is 1. The third kappa shape index (κ3) is 2.62. The zero-order chi connectivity index (χ0) is 10.0. The van der Waals surface area contributed by atoms with Crippen molar-refractivity contribution in [2.45, 2.75) is 34.1 Å². The average molecular weight is 197 g/mol. The zero-order valence-electron chi connectivity index (χ0n) is 8.55. The van der Waals surface area contributed by atoms with E-state index < -0.39 is 0 Å². The molecule has 2 nitrogen and oxygen atoms in total. The van der Waals surface area contributed by atoms with Crippen molar-refractivity contribution in [1.29, 1.82) is 0 Å². The molecule has 0 aliphatic heterocycles. The first-order valence-corrected chi connectivity index (χ1v) is 5.28. The zero-order valence-corrected chi connectivity index (χ0v) is 9.36. The van der Waals surface area contributed by atoms with Crippen LogP contribution in [0.3, 0.4) is 0 Å². The van der Waals surface area contributed by atoms with Crippen LogP contribution in [0, 0.1) is 19.8 Å². The van der Waals surface area contributed by atoms with Crippen LogP contribution in [0.2, 0.25) is 0 Å². The number of hydrogen-bond donors (Lipinski definition) is 0. The summed E-state index contributed by atoms with van der Waals surface area (Å²) in [6.45, 7) is 7.85. The number of rotatable bonds is 3. The second kappa shape index (κ2) is 4.01. The van der Waals surface area contributed by atoms with Gasteiger partial charge < -0.3 is 0 Å². The van der Waals surface area contributed by atoms with Crippen molar-refractivity contribution in [3.8, 4) is 0 Å². The Morgan fingerprint density at radius 1 is 1.46 bits per heavy atom. The van der Waals surface area contributed by atoms with Crippen molar-refractivity contribution in [3.63, 3.8) is 0 Å². The van der Waals surface area contributed by atoms with Crippen LogP contribution >= 0.6 is 11.3 Å². The molecule has 0 N–H and O–H groups in total. The van der Waals surface area contributed by atoms with Gasteiger partial charge in [-0.25, -0.2) is 4.98 Å². The molecule has 1 rings (SSSR count). The van der Waals surface area contributed by atoms with Gasteiger partial charge in [-0.3, -0.25) is 4.79 Å². The Morgan fingerprint density at radius 2 is 2.08 bits per heavy atom. The van der Waals surface area contributed by atoms with E-state index in [2.05, 4.69) is 4.98 Å². The minimum Gasteiger partial charge on any atom is -0.299 e. The van der Waals surface area contributed by atoms with E-state index in [9.17, 15) is 4.79 Å². The fraction of sp³-hybridized carbons (Fsp3) is 0.600. The van der Waals surface area contributed by atoms with Gasteiger partial charge in [0.15, 0.2) is 0 Å². The van der Waals surface area contributed by atoms with Crippen molar-refractivity contribution in [2.75, 3.05) is 0 Å². The van der Waals surface area contributed by atoms with Crippen LogP contribution in [0.25, 0.3) is 0 Å². The van der Waals surface area contributed by atoms with E-state index >= 15 is 0 Å². The lowest BCUT2D eigenvalue weighted by Gasteiger charge is -2.01. The smallest absolute Gasteiger partial charge is 0.141 e. The van der Waals surface area contributed by atoms with E-state index in [0.29, 0.717) is 6.42 Å². The summed E-state index contributed by atoms with van der Waals surface area (Å²) < 4.78 is 0. The lowest BCUT2D eigenvalue weighted by molar-refractivity contribution is -0.121. The third-order valence-electron chi connectivity index (χ3n) is 1.99. The minimum absolute atomic E-state index is 0.112. The highest BCUT2D eigenvalue weighted by Gasteiger charge is 2.12. The van der Waals surface area contributed by atoms with Crippen molar-refractivity contribution < 1.29 is 4.79 Å². The molecule has 0 aromatic carbocycles. The highest BCUT2D eigenvalue weighted by atomic mass is 32.1. The number of ketones is 1. The van der Waals surface area contributed by atoms with Gasteiger partial charge in [-0.05, 0) is 13.8 Å². The second-order valence-electron chi connectivity index (χ2n) is 3.53. The molecule has 72 valence electrons. The Kier molecular flexibility index (Phi) is 3.20.